The van der Waals surface area contributed by atoms with Gasteiger partial charge in [0.25, 0.3) is 0 Å². The van der Waals surface area contributed by atoms with E-state index in [0.29, 0.717) is 12.8 Å². The maximum absolute atomic E-state index is 13.0. The Bertz CT molecular complexity index is 609. The number of thiazole rings is 1. The first-order chi connectivity index (χ1) is 11.6. The number of nitrogens with zero attached hydrogens (tertiary/aromatic N) is 1. The fourth-order valence-corrected chi connectivity index (χ4v) is 4.14. The molecule has 25 heavy (non-hydrogen) atoms. The van der Waals surface area contributed by atoms with Crippen LogP contribution in [-0.4, -0.2) is 35.2 Å². The van der Waals surface area contributed by atoms with Crippen LogP contribution in [0.2, 0.25) is 0 Å². The molecule has 1 N–H and O–H groups in total. The van der Waals surface area contributed by atoms with Crippen LogP contribution in [-0.2, 0) is 19.1 Å². The summed E-state index contributed by atoms with van der Waals surface area (Å²) in [5, 5.41) is 6.04. The van der Waals surface area contributed by atoms with E-state index in [2.05, 4.69) is 24.1 Å². The van der Waals surface area contributed by atoms with Gasteiger partial charge < -0.3 is 9.47 Å². The molecular formula is C18H28N2O4S. The number of carbonyl (C=O) groups is 2. The van der Waals surface area contributed by atoms with Gasteiger partial charge in [-0.25, -0.2) is 4.98 Å². The minimum Gasteiger partial charge on any atom is -0.469 e. The van der Waals surface area contributed by atoms with E-state index < -0.39 is 17.1 Å². The van der Waals surface area contributed by atoms with Crippen LogP contribution in [0, 0.1) is 11.8 Å². The Morgan fingerprint density at radius 2 is 2.12 bits per heavy atom. The van der Waals surface area contributed by atoms with Crippen molar-refractivity contribution in [2.24, 2.45) is 11.8 Å². The number of carbonyl (C=O) groups excluding carboxylic acids is 2. The largest absolute Gasteiger partial charge is 0.469 e. The summed E-state index contributed by atoms with van der Waals surface area (Å²) in [5.41, 5.74) is -1.51. The standard InChI is InChI=1S/C18H28N2O4S/c1-11(2)9-18(16(22)24-17(3,4)5)10-12(15(21)23-6)13(20-18)14-19-7-8-25-14/h7-8,11-13,20H,9-10H2,1-6H3. The van der Waals surface area contributed by atoms with Crippen molar-refractivity contribution in [2.75, 3.05) is 7.11 Å². The summed E-state index contributed by atoms with van der Waals surface area (Å²) in [6.45, 7) is 9.65. The van der Waals surface area contributed by atoms with Crippen molar-refractivity contribution >= 4 is 23.3 Å². The third-order valence-electron chi connectivity index (χ3n) is 4.17. The van der Waals surface area contributed by atoms with Gasteiger partial charge in [-0.1, -0.05) is 13.8 Å². The average Bonchev–Trinajstić information content (AvgIpc) is 3.11. The number of ether oxygens (including phenoxy) is 2. The van der Waals surface area contributed by atoms with Crippen LogP contribution in [0.1, 0.15) is 58.5 Å². The average molecular weight is 368 g/mol. The molecule has 1 aromatic rings. The van der Waals surface area contributed by atoms with Crippen LogP contribution < -0.4 is 5.32 Å². The molecule has 0 radical (unpaired) electrons. The molecule has 0 aromatic carbocycles. The Balaban J connectivity index is 2.39. The molecule has 3 atom stereocenters. The highest BCUT2D eigenvalue weighted by Crippen LogP contribution is 2.43. The number of methoxy groups -OCH3 is 1. The van der Waals surface area contributed by atoms with E-state index in [1.54, 1.807) is 6.20 Å². The SMILES string of the molecule is COC(=O)C1CC(CC(C)C)(C(=O)OC(C)(C)C)NC1c1nccs1. The predicted molar refractivity (Wildman–Crippen MR) is 96.1 cm³/mol. The summed E-state index contributed by atoms with van der Waals surface area (Å²) in [6.07, 6.45) is 2.63. The molecule has 1 aliphatic heterocycles. The molecule has 1 fully saturated rings. The van der Waals surface area contributed by atoms with Crippen molar-refractivity contribution in [1.29, 1.82) is 0 Å². The minimum atomic E-state index is -0.920. The molecule has 1 aromatic heterocycles. The zero-order chi connectivity index (χ0) is 18.8. The Labute approximate surface area is 153 Å². The molecule has 1 aliphatic rings. The van der Waals surface area contributed by atoms with Gasteiger partial charge in [0.15, 0.2) is 0 Å². The molecular weight excluding hydrogens is 340 g/mol. The maximum Gasteiger partial charge on any atom is 0.326 e. The summed E-state index contributed by atoms with van der Waals surface area (Å²) >= 11 is 1.46. The number of rotatable bonds is 5. The third-order valence-corrected chi connectivity index (χ3v) is 5.03. The lowest BCUT2D eigenvalue weighted by Crippen LogP contribution is -2.52. The minimum absolute atomic E-state index is 0.258. The molecule has 2 rings (SSSR count). The van der Waals surface area contributed by atoms with Gasteiger partial charge in [0.2, 0.25) is 0 Å². The van der Waals surface area contributed by atoms with Crippen molar-refractivity contribution in [1.82, 2.24) is 10.3 Å². The fourth-order valence-electron chi connectivity index (χ4n) is 3.38. The number of aromatic nitrogens is 1. The van der Waals surface area contributed by atoms with Gasteiger partial charge in [0.05, 0.1) is 19.1 Å². The van der Waals surface area contributed by atoms with E-state index >= 15 is 0 Å². The van der Waals surface area contributed by atoms with Crippen molar-refractivity contribution in [2.45, 2.75) is 64.6 Å². The van der Waals surface area contributed by atoms with Crippen molar-refractivity contribution < 1.29 is 19.1 Å². The van der Waals surface area contributed by atoms with Gasteiger partial charge in [0, 0.05) is 11.6 Å². The predicted octanol–water partition coefficient (Wildman–Crippen LogP) is 3.09. The molecule has 0 spiro atoms. The van der Waals surface area contributed by atoms with Gasteiger partial charge >= 0.3 is 11.9 Å². The van der Waals surface area contributed by atoms with Crippen LogP contribution in [0.3, 0.4) is 0 Å². The lowest BCUT2D eigenvalue weighted by atomic mass is 9.84. The van der Waals surface area contributed by atoms with Gasteiger partial charge in [0.1, 0.15) is 16.1 Å². The first-order valence-corrected chi connectivity index (χ1v) is 9.44. The lowest BCUT2D eigenvalue weighted by molar-refractivity contribution is -0.163. The normalized spacial score (nSPS) is 26.7. The second-order valence-corrected chi connectivity index (χ2v) is 8.93. The summed E-state index contributed by atoms with van der Waals surface area (Å²) in [4.78, 5) is 29.7. The van der Waals surface area contributed by atoms with Gasteiger partial charge in [-0.3, -0.25) is 14.9 Å². The number of nitrogens with one attached hydrogen (secondary N) is 1. The Morgan fingerprint density at radius 3 is 2.60 bits per heavy atom. The number of hydrogen-bond donors (Lipinski definition) is 1. The molecule has 0 amide bonds. The summed E-state index contributed by atoms with van der Waals surface area (Å²) in [6, 6.07) is -0.348. The molecule has 3 unspecified atom stereocenters. The Morgan fingerprint density at radius 1 is 1.44 bits per heavy atom. The van der Waals surface area contributed by atoms with Crippen LogP contribution >= 0.6 is 11.3 Å². The van der Waals surface area contributed by atoms with Crippen LogP contribution in [0.4, 0.5) is 0 Å². The molecule has 0 aliphatic carbocycles. The first kappa shape index (κ1) is 19.8. The van der Waals surface area contributed by atoms with Crippen molar-refractivity contribution in [3.8, 4) is 0 Å². The second kappa shape index (κ2) is 7.41. The molecule has 7 heteroatoms. The van der Waals surface area contributed by atoms with E-state index in [-0.39, 0.29) is 23.9 Å². The number of esters is 2. The highest BCUT2D eigenvalue weighted by atomic mass is 32.1. The zero-order valence-corrected chi connectivity index (χ0v) is 16.6. The van der Waals surface area contributed by atoms with Crippen molar-refractivity contribution in [3.05, 3.63) is 16.6 Å². The molecule has 2 heterocycles. The zero-order valence-electron chi connectivity index (χ0n) is 15.8. The molecule has 140 valence electrons. The second-order valence-electron chi connectivity index (χ2n) is 8.01. The summed E-state index contributed by atoms with van der Waals surface area (Å²) in [5.74, 6) is -0.862. The highest BCUT2D eigenvalue weighted by molar-refractivity contribution is 7.09. The monoisotopic (exact) mass is 368 g/mol. The first-order valence-electron chi connectivity index (χ1n) is 8.56. The van der Waals surface area contributed by atoms with Crippen molar-refractivity contribution in [3.63, 3.8) is 0 Å². The molecule has 0 bridgehead atoms. The van der Waals surface area contributed by atoms with Crippen LogP contribution in [0.25, 0.3) is 0 Å². The summed E-state index contributed by atoms with van der Waals surface area (Å²) < 4.78 is 10.7. The quantitative estimate of drug-likeness (QED) is 0.805. The van der Waals surface area contributed by atoms with Crippen LogP contribution in [0.5, 0.6) is 0 Å². The highest BCUT2D eigenvalue weighted by Gasteiger charge is 2.55. The molecule has 0 saturated carbocycles. The van der Waals surface area contributed by atoms with E-state index in [4.69, 9.17) is 9.47 Å². The van der Waals surface area contributed by atoms with E-state index in [0.717, 1.165) is 5.01 Å². The van der Waals surface area contributed by atoms with E-state index in [9.17, 15) is 9.59 Å². The topological polar surface area (TPSA) is 77.5 Å². The Hall–Kier alpha value is -1.47. The van der Waals surface area contributed by atoms with Gasteiger partial charge in [-0.05, 0) is 39.5 Å². The Kier molecular flexibility index (Phi) is 5.89. The maximum atomic E-state index is 13.0. The molecule has 1 saturated heterocycles. The van der Waals surface area contributed by atoms with Crippen LogP contribution in [0.15, 0.2) is 11.6 Å². The van der Waals surface area contributed by atoms with E-state index in [1.807, 2.05) is 26.2 Å². The fraction of sp³-hybridized carbons (Fsp3) is 0.722. The lowest BCUT2D eigenvalue weighted by Gasteiger charge is -2.33. The van der Waals surface area contributed by atoms with E-state index in [1.165, 1.54) is 18.4 Å². The number of hydrogen-bond acceptors (Lipinski definition) is 7. The molecule has 6 nitrogen and oxygen atoms in total. The van der Waals surface area contributed by atoms with Gasteiger partial charge in [-0.2, -0.15) is 0 Å². The van der Waals surface area contributed by atoms with Gasteiger partial charge in [-0.15, -0.1) is 11.3 Å². The smallest absolute Gasteiger partial charge is 0.326 e. The summed E-state index contributed by atoms with van der Waals surface area (Å²) in [7, 11) is 1.37. The third kappa shape index (κ3) is 4.58.